The van der Waals surface area contributed by atoms with E-state index in [4.69, 9.17) is 0 Å². The zero-order valence-electron chi connectivity index (χ0n) is 21.2. The maximum Gasteiger partial charge on any atom is 0 e. The van der Waals surface area contributed by atoms with E-state index in [1.54, 1.807) is 0 Å². The Labute approximate surface area is 220 Å². The summed E-state index contributed by atoms with van der Waals surface area (Å²) in [5, 5.41) is 2.72. The molecule has 0 aliphatic heterocycles. The Balaban J connectivity index is 0.000000575. The minimum absolute atomic E-state index is 0. The Bertz CT molecular complexity index is 995. The van der Waals surface area contributed by atoms with E-state index in [0.29, 0.717) is 0 Å². The fraction of sp³-hybridized carbons (Fsp3) is 0.448. The fourth-order valence-electron chi connectivity index (χ4n) is 3.83. The maximum absolute atomic E-state index is 3.41. The van der Waals surface area contributed by atoms with Crippen LogP contribution in [-0.2, 0) is 53.0 Å². The van der Waals surface area contributed by atoms with Crippen LogP contribution in [0.1, 0.15) is 80.5 Å². The van der Waals surface area contributed by atoms with Crippen LogP contribution >= 0.6 is 0 Å². The van der Waals surface area contributed by atoms with Gasteiger partial charge in [0.25, 0.3) is 0 Å². The van der Waals surface area contributed by atoms with Gasteiger partial charge in [-0.25, -0.2) is 0 Å². The molecule has 3 aromatic carbocycles. The molecule has 0 saturated carbocycles. The first-order valence-corrected chi connectivity index (χ1v) is 10.6. The van der Waals surface area contributed by atoms with Gasteiger partial charge in [0.15, 0.2) is 0 Å². The van der Waals surface area contributed by atoms with Gasteiger partial charge in [-0.3, -0.25) is 0 Å². The van der Waals surface area contributed by atoms with Crippen LogP contribution in [0.15, 0.2) is 30.3 Å². The predicted octanol–water partition coefficient (Wildman–Crippen LogP) is 8.26. The zero-order chi connectivity index (χ0) is 22.1. The van der Waals surface area contributed by atoms with Gasteiger partial charge < -0.3 is 0 Å². The minimum Gasteiger partial charge on any atom is -0.177 e. The topological polar surface area (TPSA) is 0 Å². The van der Waals surface area contributed by atoms with E-state index in [9.17, 15) is 0 Å². The normalized spacial score (nSPS) is 11.2. The molecule has 0 nitrogen and oxygen atoms in total. The standard InChI is InChI=1S/C17H21.C12H17.2W/c1-11-7-12(2)16-13(3)9-15(17(4,5)6)10-14(16)8-11;1-9-6-10(2)8-11(7-9)12(3,4)5;;/h8-10H,1-6H3;7-8H,1-5H3;;/q2*-1;;. The van der Waals surface area contributed by atoms with E-state index < -0.39 is 0 Å². The molecule has 0 spiro atoms. The fourth-order valence-corrected chi connectivity index (χ4v) is 3.83. The van der Waals surface area contributed by atoms with E-state index in [-0.39, 0.29) is 53.0 Å². The van der Waals surface area contributed by atoms with E-state index in [1.807, 2.05) is 0 Å². The van der Waals surface area contributed by atoms with Crippen molar-refractivity contribution in [2.75, 3.05) is 0 Å². The molecule has 168 valence electrons. The van der Waals surface area contributed by atoms with E-state index in [0.717, 1.165) is 0 Å². The van der Waals surface area contributed by atoms with Crippen molar-refractivity contribution in [3.63, 3.8) is 0 Å². The van der Waals surface area contributed by atoms with Crippen molar-refractivity contribution in [2.24, 2.45) is 0 Å². The monoisotopic (exact) mass is 754 g/mol. The first kappa shape index (κ1) is 30.3. The first-order chi connectivity index (χ1) is 13.2. The van der Waals surface area contributed by atoms with Crippen LogP contribution in [0.5, 0.6) is 0 Å². The van der Waals surface area contributed by atoms with E-state index in [1.165, 1.54) is 49.7 Å². The molecule has 31 heavy (non-hydrogen) atoms. The summed E-state index contributed by atoms with van der Waals surface area (Å²) in [5.41, 5.74) is 9.59. The molecule has 3 aromatic rings. The van der Waals surface area contributed by atoms with Crippen LogP contribution < -0.4 is 0 Å². The van der Waals surface area contributed by atoms with Gasteiger partial charge in [0.05, 0.1) is 0 Å². The number of hydrogen-bond donors (Lipinski definition) is 0. The van der Waals surface area contributed by atoms with Gasteiger partial charge in [0, 0.05) is 42.1 Å². The largest absolute Gasteiger partial charge is 0.177 e. The molecule has 0 fully saturated rings. The quantitative estimate of drug-likeness (QED) is 0.203. The van der Waals surface area contributed by atoms with Crippen molar-refractivity contribution < 1.29 is 42.1 Å². The van der Waals surface area contributed by atoms with Crippen LogP contribution in [0.4, 0.5) is 0 Å². The minimum atomic E-state index is 0. The van der Waals surface area contributed by atoms with Gasteiger partial charge in [0.2, 0.25) is 0 Å². The Morgan fingerprint density at radius 2 is 0.968 bits per heavy atom. The number of hydrogen-bond acceptors (Lipinski definition) is 0. The Kier molecular flexibility index (Phi) is 11.2. The molecule has 0 N–H and O–H groups in total. The van der Waals surface area contributed by atoms with Crippen molar-refractivity contribution in [1.29, 1.82) is 0 Å². The van der Waals surface area contributed by atoms with Gasteiger partial charge in [-0.15, -0.1) is 10.8 Å². The second kappa shape index (κ2) is 11.4. The van der Waals surface area contributed by atoms with Crippen LogP contribution in [0, 0.1) is 46.8 Å². The summed E-state index contributed by atoms with van der Waals surface area (Å²) >= 11 is 0. The predicted molar refractivity (Wildman–Crippen MR) is 129 cm³/mol. The number of benzene rings is 3. The Morgan fingerprint density at radius 1 is 0.548 bits per heavy atom. The summed E-state index contributed by atoms with van der Waals surface area (Å²) in [6.07, 6.45) is 0. The molecule has 0 saturated heterocycles. The maximum atomic E-state index is 3.41. The Morgan fingerprint density at radius 3 is 1.42 bits per heavy atom. The third kappa shape index (κ3) is 8.30. The molecule has 0 heterocycles. The molecule has 0 atom stereocenters. The van der Waals surface area contributed by atoms with Crippen LogP contribution in [0.2, 0.25) is 0 Å². The molecular formula is C29H38W2-2. The summed E-state index contributed by atoms with van der Waals surface area (Å²) in [6, 6.07) is 18.0. The van der Waals surface area contributed by atoms with Crippen molar-refractivity contribution in [3.8, 4) is 0 Å². The van der Waals surface area contributed by atoms with Crippen molar-refractivity contribution in [2.45, 2.75) is 87.0 Å². The first-order valence-electron chi connectivity index (χ1n) is 10.6. The molecule has 0 aliphatic rings. The van der Waals surface area contributed by atoms with Crippen molar-refractivity contribution in [3.05, 3.63) is 81.4 Å². The van der Waals surface area contributed by atoms with Gasteiger partial charge in [-0.1, -0.05) is 93.9 Å². The molecule has 0 radical (unpaired) electrons. The molecule has 0 aromatic heterocycles. The van der Waals surface area contributed by atoms with Crippen LogP contribution in [0.25, 0.3) is 10.8 Å². The molecule has 0 unspecified atom stereocenters. The summed E-state index contributed by atoms with van der Waals surface area (Å²) in [5.74, 6) is 0. The number of fused-ring (bicyclic) bond motifs is 1. The average Bonchev–Trinajstić information content (AvgIpc) is 2.51. The number of rotatable bonds is 0. The van der Waals surface area contributed by atoms with Gasteiger partial charge in [0.1, 0.15) is 0 Å². The van der Waals surface area contributed by atoms with Crippen LogP contribution in [0.3, 0.4) is 0 Å². The molecule has 0 aliphatic carbocycles. The van der Waals surface area contributed by atoms with Gasteiger partial charge in [-0.2, -0.15) is 58.1 Å². The molecule has 2 heteroatoms. The molecular weight excluding hydrogens is 716 g/mol. The van der Waals surface area contributed by atoms with Gasteiger partial charge in [-0.05, 0) is 16.4 Å². The number of aryl methyl sites for hydroxylation is 5. The molecule has 3 rings (SSSR count). The summed E-state index contributed by atoms with van der Waals surface area (Å²) < 4.78 is 0. The second-order valence-electron chi connectivity index (χ2n) is 10.6. The zero-order valence-corrected chi connectivity index (χ0v) is 27.1. The molecule has 0 amide bonds. The summed E-state index contributed by atoms with van der Waals surface area (Å²) in [6.45, 7) is 24.2. The second-order valence-corrected chi connectivity index (χ2v) is 10.6. The summed E-state index contributed by atoms with van der Waals surface area (Å²) in [4.78, 5) is 0. The smallest absolute Gasteiger partial charge is 0 e. The average molecular weight is 754 g/mol. The summed E-state index contributed by atoms with van der Waals surface area (Å²) in [7, 11) is 0. The van der Waals surface area contributed by atoms with E-state index in [2.05, 4.69) is 119 Å². The third-order valence-electron chi connectivity index (χ3n) is 5.37. The van der Waals surface area contributed by atoms with Crippen LogP contribution in [-0.4, -0.2) is 0 Å². The third-order valence-corrected chi connectivity index (χ3v) is 5.37. The molecule has 0 bridgehead atoms. The van der Waals surface area contributed by atoms with E-state index >= 15 is 0 Å². The van der Waals surface area contributed by atoms with Crippen molar-refractivity contribution >= 4 is 10.8 Å². The Hall–Kier alpha value is -0.703. The van der Waals surface area contributed by atoms with Crippen molar-refractivity contribution in [1.82, 2.24) is 0 Å². The SMILES string of the molecule is Cc1[c-]c(C)c2c(C)cc(C(C)(C)C)cc2c1.Cc1[c-]c(C)cc(C(C)(C)C)c1.[W].[W]. The van der Waals surface area contributed by atoms with Gasteiger partial charge >= 0.3 is 0 Å².